The average Bonchev–Trinajstić information content (AvgIpc) is 2.03. The summed E-state index contributed by atoms with van der Waals surface area (Å²) < 4.78 is 0. The van der Waals surface area contributed by atoms with Crippen LogP contribution in [0.25, 0.3) is 0 Å². The van der Waals surface area contributed by atoms with E-state index >= 15 is 0 Å². The standard InChI is InChI=1S/C11H17NO/c1-9-5-4-6-11(7-9)12(3)8-10(2)13/h4-7,10,13H,8H2,1-3H3. The van der Waals surface area contributed by atoms with Gasteiger partial charge < -0.3 is 10.0 Å². The summed E-state index contributed by atoms with van der Waals surface area (Å²) in [5.41, 5.74) is 2.40. The minimum atomic E-state index is -0.287. The van der Waals surface area contributed by atoms with Crippen molar-refractivity contribution in [1.82, 2.24) is 0 Å². The van der Waals surface area contributed by atoms with Crippen LogP contribution >= 0.6 is 0 Å². The molecule has 1 rings (SSSR count). The van der Waals surface area contributed by atoms with Crippen LogP contribution in [-0.4, -0.2) is 24.8 Å². The maximum atomic E-state index is 9.21. The van der Waals surface area contributed by atoms with Crippen LogP contribution < -0.4 is 4.90 Å². The smallest absolute Gasteiger partial charge is 0.0686 e. The Kier molecular flexibility index (Phi) is 3.32. The molecule has 0 spiro atoms. The van der Waals surface area contributed by atoms with Gasteiger partial charge in [0.15, 0.2) is 0 Å². The van der Waals surface area contributed by atoms with Gasteiger partial charge in [0.1, 0.15) is 0 Å². The van der Waals surface area contributed by atoms with Crippen LogP contribution in [0.15, 0.2) is 24.3 Å². The Labute approximate surface area is 79.8 Å². The molecule has 0 saturated heterocycles. The molecule has 1 aromatic carbocycles. The summed E-state index contributed by atoms with van der Waals surface area (Å²) in [6, 6.07) is 8.26. The number of anilines is 1. The number of aliphatic hydroxyl groups is 1. The number of rotatable bonds is 3. The first-order valence-electron chi connectivity index (χ1n) is 4.55. The highest BCUT2D eigenvalue weighted by Gasteiger charge is 2.03. The average molecular weight is 179 g/mol. The number of hydrogen-bond acceptors (Lipinski definition) is 2. The molecule has 0 aliphatic carbocycles. The Morgan fingerprint density at radius 3 is 2.69 bits per heavy atom. The molecule has 0 heterocycles. The molecule has 0 aliphatic rings. The van der Waals surface area contributed by atoms with Gasteiger partial charge in [0.2, 0.25) is 0 Å². The van der Waals surface area contributed by atoms with Crippen molar-refractivity contribution in [1.29, 1.82) is 0 Å². The molecular weight excluding hydrogens is 162 g/mol. The lowest BCUT2D eigenvalue weighted by molar-refractivity contribution is 0.201. The third kappa shape index (κ3) is 3.07. The fourth-order valence-corrected chi connectivity index (χ4v) is 1.37. The van der Waals surface area contributed by atoms with Crippen molar-refractivity contribution < 1.29 is 5.11 Å². The van der Waals surface area contributed by atoms with E-state index in [1.807, 2.05) is 13.1 Å². The van der Waals surface area contributed by atoms with Crippen LogP contribution in [0.4, 0.5) is 5.69 Å². The third-order valence-electron chi connectivity index (χ3n) is 1.98. The summed E-state index contributed by atoms with van der Waals surface area (Å²) in [7, 11) is 1.99. The third-order valence-corrected chi connectivity index (χ3v) is 1.98. The first kappa shape index (κ1) is 10.1. The monoisotopic (exact) mass is 179 g/mol. The molecule has 0 aliphatic heterocycles. The number of likely N-dealkylation sites (N-methyl/N-ethyl adjacent to an activating group) is 1. The van der Waals surface area contributed by atoms with E-state index in [2.05, 4.69) is 30.0 Å². The van der Waals surface area contributed by atoms with E-state index in [0.29, 0.717) is 6.54 Å². The van der Waals surface area contributed by atoms with Gasteiger partial charge in [0.05, 0.1) is 6.10 Å². The lowest BCUT2D eigenvalue weighted by Gasteiger charge is -2.21. The minimum Gasteiger partial charge on any atom is -0.392 e. The molecule has 72 valence electrons. The fraction of sp³-hybridized carbons (Fsp3) is 0.455. The molecule has 1 aromatic rings. The lowest BCUT2D eigenvalue weighted by Crippen LogP contribution is -2.26. The van der Waals surface area contributed by atoms with Gasteiger partial charge in [0, 0.05) is 19.3 Å². The molecular formula is C11H17NO. The molecule has 0 radical (unpaired) electrons. The van der Waals surface area contributed by atoms with Gasteiger partial charge in [-0.3, -0.25) is 0 Å². The van der Waals surface area contributed by atoms with E-state index < -0.39 is 0 Å². The van der Waals surface area contributed by atoms with Crippen molar-refractivity contribution >= 4 is 5.69 Å². The quantitative estimate of drug-likeness (QED) is 0.765. The predicted octanol–water partition coefficient (Wildman–Crippen LogP) is 1.81. The van der Waals surface area contributed by atoms with Gasteiger partial charge in [-0.2, -0.15) is 0 Å². The van der Waals surface area contributed by atoms with Gasteiger partial charge in [-0.15, -0.1) is 0 Å². The molecule has 0 bridgehead atoms. The summed E-state index contributed by atoms with van der Waals surface area (Å²) in [4.78, 5) is 2.05. The molecule has 1 N–H and O–H groups in total. The van der Waals surface area contributed by atoms with Crippen LogP contribution in [-0.2, 0) is 0 Å². The molecule has 0 amide bonds. The lowest BCUT2D eigenvalue weighted by atomic mass is 10.2. The molecule has 0 aromatic heterocycles. The molecule has 1 unspecified atom stereocenters. The second-order valence-electron chi connectivity index (χ2n) is 3.57. The molecule has 2 heteroatoms. The van der Waals surface area contributed by atoms with Gasteiger partial charge in [-0.05, 0) is 31.5 Å². The van der Waals surface area contributed by atoms with Crippen molar-refractivity contribution in [3.05, 3.63) is 29.8 Å². The van der Waals surface area contributed by atoms with Crippen molar-refractivity contribution in [3.63, 3.8) is 0 Å². The number of hydrogen-bond donors (Lipinski definition) is 1. The van der Waals surface area contributed by atoms with Crippen molar-refractivity contribution in [2.24, 2.45) is 0 Å². The van der Waals surface area contributed by atoms with E-state index in [1.165, 1.54) is 5.56 Å². The Bertz CT molecular complexity index is 271. The maximum absolute atomic E-state index is 9.21. The first-order valence-corrected chi connectivity index (χ1v) is 4.55. The Morgan fingerprint density at radius 2 is 2.15 bits per heavy atom. The van der Waals surface area contributed by atoms with Gasteiger partial charge in [-0.1, -0.05) is 12.1 Å². The number of aliphatic hydroxyl groups excluding tert-OH is 1. The topological polar surface area (TPSA) is 23.5 Å². The highest BCUT2D eigenvalue weighted by molar-refractivity contribution is 5.47. The van der Waals surface area contributed by atoms with E-state index in [1.54, 1.807) is 6.92 Å². The molecule has 0 fully saturated rings. The molecule has 13 heavy (non-hydrogen) atoms. The SMILES string of the molecule is Cc1cccc(N(C)CC(C)O)c1. The second kappa shape index (κ2) is 4.28. The number of aryl methyl sites for hydroxylation is 1. The zero-order valence-corrected chi connectivity index (χ0v) is 8.49. The normalized spacial score (nSPS) is 12.6. The highest BCUT2D eigenvalue weighted by Crippen LogP contribution is 2.14. The Balaban J connectivity index is 2.71. The largest absolute Gasteiger partial charge is 0.392 e. The number of nitrogens with zero attached hydrogens (tertiary/aromatic N) is 1. The summed E-state index contributed by atoms with van der Waals surface area (Å²) in [6.45, 7) is 4.54. The van der Waals surface area contributed by atoms with Crippen molar-refractivity contribution in [3.8, 4) is 0 Å². The first-order chi connectivity index (χ1) is 6.09. The molecule has 2 nitrogen and oxygen atoms in total. The van der Waals surface area contributed by atoms with Crippen LogP contribution in [0.2, 0.25) is 0 Å². The second-order valence-corrected chi connectivity index (χ2v) is 3.57. The summed E-state index contributed by atoms with van der Waals surface area (Å²) in [5.74, 6) is 0. The van der Waals surface area contributed by atoms with Gasteiger partial charge in [0.25, 0.3) is 0 Å². The minimum absolute atomic E-state index is 0.287. The summed E-state index contributed by atoms with van der Waals surface area (Å²) in [6.07, 6.45) is -0.287. The fourth-order valence-electron chi connectivity index (χ4n) is 1.37. The van der Waals surface area contributed by atoms with Crippen LogP contribution in [0.1, 0.15) is 12.5 Å². The van der Waals surface area contributed by atoms with E-state index in [4.69, 9.17) is 0 Å². The van der Waals surface area contributed by atoms with Crippen LogP contribution in [0, 0.1) is 6.92 Å². The van der Waals surface area contributed by atoms with Crippen LogP contribution in [0.3, 0.4) is 0 Å². The molecule has 1 atom stereocenters. The predicted molar refractivity (Wildman–Crippen MR) is 56.1 cm³/mol. The zero-order valence-electron chi connectivity index (χ0n) is 8.49. The summed E-state index contributed by atoms with van der Waals surface area (Å²) >= 11 is 0. The Morgan fingerprint density at radius 1 is 1.46 bits per heavy atom. The van der Waals surface area contributed by atoms with Crippen molar-refractivity contribution in [2.75, 3.05) is 18.5 Å². The maximum Gasteiger partial charge on any atom is 0.0686 e. The van der Waals surface area contributed by atoms with Crippen LogP contribution in [0.5, 0.6) is 0 Å². The van der Waals surface area contributed by atoms with E-state index in [9.17, 15) is 5.11 Å². The Hall–Kier alpha value is -1.02. The highest BCUT2D eigenvalue weighted by atomic mass is 16.3. The summed E-state index contributed by atoms with van der Waals surface area (Å²) in [5, 5.41) is 9.21. The van der Waals surface area contributed by atoms with E-state index in [-0.39, 0.29) is 6.10 Å². The van der Waals surface area contributed by atoms with Crippen molar-refractivity contribution in [2.45, 2.75) is 20.0 Å². The van der Waals surface area contributed by atoms with Gasteiger partial charge >= 0.3 is 0 Å². The molecule has 0 saturated carbocycles. The van der Waals surface area contributed by atoms with Gasteiger partial charge in [-0.25, -0.2) is 0 Å². The zero-order chi connectivity index (χ0) is 9.84. The van der Waals surface area contributed by atoms with E-state index in [0.717, 1.165) is 5.69 Å². The number of benzene rings is 1.